The molecule has 0 aromatic heterocycles. The molecule has 4 nitrogen and oxygen atoms in total. The Labute approximate surface area is 145 Å². The lowest BCUT2D eigenvalue weighted by atomic mass is 10.00. The molecule has 1 saturated heterocycles. The maximum Gasteiger partial charge on any atom is 0.252 e. The van der Waals surface area contributed by atoms with E-state index >= 15 is 0 Å². The molecule has 24 heavy (non-hydrogen) atoms. The van der Waals surface area contributed by atoms with Crippen LogP contribution in [0.2, 0.25) is 0 Å². The van der Waals surface area contributed by atoms with Crippen molar-refractivity contribution in [3.8, 4) is 0 Å². The van der Waals surface area contributed by atoms with E-state index in [2.05, 4.69) is 5.32 Å². The van der Waals surface area contributed by atoms with Gasteiger partial charge in [0.15, 0.2) is 0 Å². The van der Waals surface area contributed by atoms with E-state index in [-0.39, 0.29) is 17.7 Å². The van der Waals surface area contributed by atoms with Crippen LogP contribution < -0.4 is 5.32 Å². The van der Waals surface area contributed by atoms with Gasteiger partial charge in [0.2, 0.25) is 5.91 Å². The lowest BCUT2D eigenvalue weighted by Crippen LogP contribution is -2.52. The van der Waals surface area contributed by atoms with Crippen LogP contribution in [-0.4, -0.2) is 35.8 Å². The topological polar surface area (TPSA) is 49.4 Å². The number of hydrogen-bond acceptors (Lipinski definition) is 2. The first-order valence-electron chi connectivity index (χ1n) is 9.16. The molecular weight excluding hydrogens is 300 g/mol. The Morgan fingerprint density at radius 2 is 1.58 bits per heavy atom. The van der Waals surface area contributed by atoms with Gasteiger partial charge in [0, 0.05) is 18.7 Å². The Hall–Kier alpha value is -1.84. The number of benzene rings is 1. The van der Waals surface area contributed by atoms with Crippen LogP contribution in [0.3, 0.4) is 0 Å². The van der Waals surface area contributed by atoms with Crippen LogP contribution >= 0.6 is 0 Å². The summed E-state index contributed by atoms with van der Waals surface area (Å²) in [5, 5.41) is 2.98. The van der Waals surface area contributed by atoms with E-state index < -0.39 is 6.04 Å². The van der Waals surface area contributed by atoms with Gasteiger partial charge in [0.25, 0.3) is 5.91 Å². The van der Waals surface area contributed by atoms with E-state index in [1.807, 2.05) is 49.9 Å². The van der Waals surface area contributed by atoms with Gasteiger partial charge in [-0.2, -0.15) is 0 Å². The SMILES string of the molecule is Cc1ccccc1C(=O)NC(C(=O)N1CCCCCCC1)C(C)C. The highest BCUT2D eigenvalue weighted by Crippen LogP contribution is 2.15. The van der Waals surface area contributed by atoms with Crippen molar-refractivity contribution in [1.29, 1.82) is 0 Å². The number of rotatable bonds is 4. The number of amides is 2. The van der Waals surface area contributed by atoms with Crippen molar-refractivity contribution in [2.24, 2.45) is 5.92 Å². The second-order valence-corrected chi connectivity index (χ2v) is 7.10. The monoisotopic (exact) mass is 330 g/mol. The summed E-state index contributed by atoms with van der Waals surface area (Å²) in [6, 6.07) is 7.03. The molecule has 0 saturated carbocycles. The average Bonchev–Trinajstić information content (AvgIpc) is 2.51. The smallest absolute Gasteiger partial charge is 0.252 e. The van der Waals surface area contributed by atoms with Gasteiger partial charge >= 0.3 is 0 Å². The molecular formula is C20H30N2O2. The first-order valence-corrected chi connectivity index (χ1v) is 9.16. The van der Waals surface area contributed by atoms with Crippen LogP contribution in [0.5, 0.6) is 0 Å². The van der Waals surface area contributed by atoms with Crippen LogP contribution in [-0.2, 0) is 4.79 Å². The van der Waals surface area contributed by atoms with Gasteiger partial charge in [-0.3, -0.25) is 9.59 Å². The van der Waals surface area contributed by atoms with E-state index in [9.17, 15) is 9.59 Å². The maximum absolute atomic E-state index is 13.0. The highest BCUT2D eigenvalue weighted by Gasteiger charge is 2.29. The third-order valence-corrected chi connectivity index (χ3v) is 4.78. The third-order valence-electron chi connectivity index (χ3n) is 4.78. The van der Waals surface area contributed by atoms with E-state index in [0.717, 1.165) is 31.5 Å². The molecule has 1 atom stereocenters. The van der Waals surface area contributed by atoms with Crippen molar-refractivity contribution >= 4 is 11.8 Å². The number of nitrogens with zero attached hydrogens (tertiary/aromatic N) is 1. The number of likely N-dealkylation sites (tertiary alicyclic amines) is 1. The standard InChI is InChI=1S/C20H30N2O2/c1-15(2)18(20(24)22-13-9-5-4-6-10-14-22)21-19(23)17-12-8-7-11-16(17)3/h7-8,11-12,15,18H,4-6,9-10,13-14H2,1-3H3,(H,21,23). The van der Waals surface area contributed by atoms with Crippen molar-refractivity contribution in [3.63, 3.8) is 0 Å². The Bertz CT molecular complexity index is 561. The minimum atomic E-state index is -0.462. The fraction of sp³-hybridized carbons (Fsp3) is 0.600. The molecule has 0 aliphatic carbocycles. The zero-order chi connectivity index (χ0) is 17.5. The largest absolute Gasteiger partial charge is 0.341 e. The molecule has 0 radical (unpaired) electrons. The molecule has 2 amide bonds. The van der Waals surface area contributed by atoms with E-state index in [1.165, 1.54) is 19.3 Å². The molecule has 1 aliphatic heterocycles. The first kappa shape index (κ1) is 18.5. The molecule has 2 rings (SSSR count). The van der Waals surface area contributed by atoms with Crippen molar-refractivity contribution in [2.75, 3.05) is 13.1 Å². The molecule has 1 aromatic rings. The van der Waals surface area contributed by atoms with Gasteiger partial charge in [0.05, 0.1) is 0 Å². The molecule has 0 spiro atoms. The van der Waals surface area contributed by atoms with Crippen molar-refractivity contribution < 1.29 is 9.59 Å². The van der Waals surface area contributed by atoms with Crippen LogP contribution in [0.25, 0.3) is 0 Å². The summed E-state index contributed by atoms with van der Waals surface area (Å²) in [6.45, 7) is 7.51. The second kappa shape index (κ2) is 8.86. The lowest BCUT2D eigenvalue weighted by Gasteiger charge is -2.31. The number of hydrogen-bond donors (Lipinski definition) is 1. The first-order chi connectivity index (χ1) is 11.5. The molecule has 1 fully saturated rings. The number of aryl methyl sites for hydroxylation is 1. The molecule has 132 valence electrons. The second-order valence-electron chi connectivity index (χ2n) is 7.10. The Morgan fingerprint density at radius 1 is 1.00 bits per heavy atom. The van der Waals surface area contributed by atoms with Crippen LogP contribution in [0, 0.1) is 12.8 Å². The summed E-state index contributed by atoms with van der Waals surface area (Å²) in [5.74, 6) is -0.0306. The summed E-state index contributed by atoms with van der Waals surface area (Å²) in [5.41, 5.74) is 1.57. The predicted molar refractivity (Wildman–Crippen MR) is 96.9 cm³/mol. The van der Waals surface area contributed by atoms with Crippen LogP contribution in [0.4, 0.5) is 0 Å². The van der Waals surface area contributed by atoms with Crippen molar-refractivity contribution in [3.05, 3.63) is 35.4 Å². The van der Waals surface area contributed by atoms with Crippen LogP contribution in [0.1, 0.15) is 61.9 Å². The van der Waals surface area contributed by atoms with Gasteiger partial charge in [-0.1, -0.05) is 51.3 Å². The Morgan fingerprint density at radius 3 is 2.17 bits per heavy atom. The maximum atomic E-state index is 13.0. The summed E-state index contributed by atoms with van der Waals surface area (Å²) in [6.07, 6.45) is 5.75. The van der Waals surface area contributed by atoms with Gasteiger partial charge in [-0.05, 0) is 37.3 Å². The van der Waals surface area contributed by atoms with Gasteiger partial charge in [-0.25, -0.2) is 0 Å². The molecule has 4 heteroatoms. The average molecular weight is 330 g/mol. The quantitative estimate of drug-likeness (QED) is 0.918. The van der Waals surface area contributed by atoms with E-state index in [4.69, 9.17) is 0 Å². The summed E-state index contributed by atoms with van der Waals surface area (Å²) >= 11 is 0. The zero-order valence-electron chi connectivity index (χ0n) is 15.2. The molecule has 1 aromatic carbocycles. The number of carbonyl (C=O) groups excluding carboxylic acids is 2. The van der Waals surface area contributed by atoms with Crippen molar-refractivity contribution in [1.82, 2.24) is 10.2 Å². The molecule has 1 aliphatic rings. The van der Waals surface area contributed by atoms with E-state index in [1.54, 1.807) is 0 Å². The normalized spacial score (nSPS) is 17.1. The third kappa shape index (κ3) is 4.83. The predicted octanol–water partition coefficient (Wildman–Crippen LogP) is 3.54. The number of carbonyl (C=O) groups is 2. The van der Waals surface area contributed by atoms with Crippen molar-refractivity contribution in [2.45, 2.75) is 58.9 Å². The molecule has 1 unspecified atom stereocenters. The Kier molecular flexibility index (Phi) is 6.83. The van der Waals surface area contributed by atoms with Crippen LogP contribution in [0.15, 0.2) is 24.3 Å². The fourth-order valence-corrected chi connectivity index (χ4v) is 3.22. The minimum absolute atomic E-state index is 0.0637. The Balaban J connectivity index is 2.09. The summed E-state index contributed by atoms with van der Waals surface area (Å²) < 4.78 is 0. The molecule has 0 bridgehead atoms. The summed E-state index contributed by atoms with van der Waals surface area (Å²) in [4.78, 5) is 27.5. The molecule has 1 N–H and O–H groups in total. The number of nitrogens with one attached hydrogen (secondary N) is 1. The van der Waals surface area contributed by atoms with E-state index in [0.29, 0.717) is 5.56 Å². The highest BCUT2D eigenvalue weighted by atomic mass is 16.2. The van der Waals surface area contributed by atoms with Gasteiger partial charge in [-0.15, -0.1) is 0 Å². The lowest BCUT2D eigenvalue weighted by molar-refractivity contribution is -0.134. The molecule has 1 heterocycles. The fourth-order valence-electron chi connectivity index (χ4n) is 3.22. The van der Waals surface area contributed by atoms with Gasteiger partial charge in [0.1, 0.15) is 6.04 Å². The zero-order valence-corrected chi connectivity index (χ0v) is 15.2. The van der Waals surface area contributed by atoms with Gasteiger partial charge < -0.3 is 10.2 Å². The summed E-state index contributed by atoms with van der Waals surface area (Å²) in [7, 11) is 0. The highest BCUT2D eigenvalue weighted by molar-refractivity contribution is 5.98. The minimum Gasteiger partial charge on any atom is -0.341 e.